The number of thioether (sulfide) groups is 1. The van der Waals surface area contributed by atoms with E-state index in [1.165, 1.54) is 11.8 Å². The first-order chi connectivity index (χ1) is 14.0. The van der Waals surface area contributed by atoms with Gasteiger partial charge in [0.05, 0.1) is 10.6 Å². The summed E-state index contributed by atoms with van der Waals surface area (Å²) in [5.41, 5.74) is 1.57. The lowest BCUT2D eigenvalue weighted by Gasteiger charge is -2.14. The van der Waals surface area contributed by atoms with Crippen molar-refractivity contribution in [3.05, 3.63) is 75.1 Å². The number of nitrogens with zero attached hydrogens (tertiary/aromatic N) is 2. The highest BCUT2D eigenvalue weighted by atomic mass is 79.9. The van der Waals surface area contributed by atoms with E-state index in [1.807, 2.05) is 43.3 Å². The minimum Gasteiger partial charge on any atom is -0.489 e. The second-order valence-electron chi connectivity index (χ2n) is 6.22. The quantitative estimate of drug-likeness (QED) is 0.320. The van der Waals surface area contributed by atoms with Crippen LogP contribution < -0.4 is 4.74 Å². The summed E-state index contributed by atoms with van der Waals surface area (Å²) in [6, 6.07) is 12.9. The van der Waals surface area contributed by atoms with E-state index in [0.29, 0.717) is 34.0 Å². The van der Waals surface area contributed by atoms with Crippen LogP contribution in [0.2, 0.25) is 5.02 Å². The molecule has 7 heteroatoms. The molecule has 1 aliphatic heterocycles. The molecule has 2 aromatic carbocycles. The van der Waals surface area contributed by atoms with E-state index in [2.05, 4.69) is 27.5 Å². The van der Waals surface area contributed by atoms with Gasteiger partial charge in [0.15, 0.2) is 5.17 Å². The number of halogens is 2. The van der Waals surface area contributed by atoms with Crippen molar-refractivity contribution in [1.82, 2.24) is 4.90 Å². The normalized spacial score (nSPS) is 16.7. The number of carbonyl (C=O) groups is 1. The number of amidine groups is 1. The molecule has 0 spiro atoms. The molecule has 2 aromatic rings. The number of hydrogen-bond donors (Lipinski definition) is 0. The number of carbonyl (C=O) groups excluding carboxylic acids is 1. The van der Waals surface area contributed by atoms with Crippen molar-refractivity contribution >= 4 is 62.1 Å². The Morgan fingerprint density at radius 2 is 2.03 bits per heavy atom. The molecular weight excluding hydrogens is 472 g/mol. The van der Waals surface area contributed by atoms with Crippen molar-refractivity contribution in [2.75, 3.05) is 13.2 Å². The number of ether oxygens (including phenoxy) is 1. The molecule has 1 saturated heterocycles. The van der Waals surface area contributed by atoms with Crippen LogP contribution in [0.25, 0.3) is 6.08 Å². The SMILES string of the molecule is C=CCOc1ccc(Br)cc1/C=C1\SC(=Nc2ccc(Cl)cc2)N(CCC)C1=O. The lowest BCUT2D eigenvalue weighted by atomic mass is 10.2. The smallest absolute Gasteiger partial charge is 0.266 e. The van der Waals surface area contributed by atoms with E-state index in [4.69, 9.17) is 16.3 Å². The second kappa shape index (κ2) is 10.1. The van der Waals surface area contributed by atoms with E-state index >= 15 is 0 Å². The van der Waals surface area contributed by atoms with Gasteiger partial charge in [-0.05, 0) is 66.7 Å². The van der Waals surface area contributed by atoms with Gasteiger partial charge in [-0.15, -0.1) is 0 Å². The van der Waals surface area contributed by atoms with E-state index < -0.39 is 0 Å². The van der Waals surface area contributed by atoms with Gasteiger partial charge < -0.3 is 4.74 Å². The zero-order chi connectivity index (χ0) is 20.8. The third-order valence-corrected chi connectivity index (χ3v) is 5.75. The molecule has 1 fully saturated rings. The fraction of sp³-hybridized carbons (Fsp3) is 0.182. The van der Waals surface area contributed by atoms with Gasteiger partial charge in [-0.1, -0.05) is 47.1 Å². The molecule has 4 nitrogen and oxygen atoms in total. The average Bonchev–Trinajstić information content (AvgIpc) is 2.98. The van der Waals surface area contributed by atoms with Crippen LogP contribution in [0.15, 0.2) is 69.5 Å². The summed E-state index contributed by atoms with van der Waals surface area (Å²) < 4.78 is 6.64. The zero-order valence-electron chi connectivity index (χ0n) is 15.9. The summed E-state index contributed by atoms with van der Waals surface area (Å²) in [6.45, 7) is 6.72. The van der Waals surface area contributed by atoms with Crippen molar-refractivity contribution in [1.29, 1.82) is 0 Å². The maximum absolute atomic E-state index is 13.0. The summed E-state index contributed by atoms with van der Waals surface area (Å²) in [5, 5.41) is 1.31. The predicted molar refractivity (Wildman–Crippen MR) is 126 cm³/mol. The van der Waals surface area contributed by atoms with Gasteiger partial charge in [0.25, 0.3) is 5.91 Å². The Balaban J connectivity index is 1.96. The second-order valence-corrected chi connectivity index (χ2v) is 8.58. The number of amides is 1. The van der Waals surface area contributed by atoms with Gasteiger partial charge in [-0.3, -0.25) is 9.69 Å². The Hall–Kier alpha value is -2.02. The Bertz CT molecular complexity index is 973. The van der Waals surface area contributed by atoms with Crippen LogP contribution in [0.4, 0.5) is 5.69 Å². The number of hydrogen-bond acceptors (Lipinski definition) is 4. The average molecular weight is 492 g/mol. The molecule has 1 heterocycles. The van der Waals surface area contributed by atoms with Crippen LogP contribution in [0.5, 0.6) is 5.75 Å². The molecular formula is C22H20BrClN2O2S. The van der Waals surface area contributed by atoms with Gasteiger partial charge in [-0.25, -0.2) is 4.99 Å². The first-order valence-electron chi connectivity index (χ1n) is 9.10. The number of aliphatic imine (C=N–C) groups is 1. The van der Waals surface area contributed by atoms with Crippen molar-refractivity contribution in [2.45, 2.75) is 13.3 Å². The summed E-state index contributed by atoms with van der Waals surface area (Å²) in [5.74, 6) is 0.637. The molecule has 0 unspecified atom stereocenters. The summed E-state index contributed by atoms with van der Waals surface area (Å²) >= 11 is 10.8. The van der Waals surface area contributed by atoms with Crippen LogP contribution >= 0.6 is 39.3 Å². The Morgan fingerprint density at radius 1 is 1.28 bits per heavy atom. The topological polar surface area (TPSA) is 41.9 Å². The monoisotopic (exact) mass is 490 g/mol. The Kier molecular flexibility index (Phi) is 7.58. The number of rotatable bonds is 7. The summed E-state index contributed by atoms with van der Waals surface area (Å²) in [4.78, 5) is 20.0. The van der Waals surface area contributed by atoms with Gasteiger partial charge in [0, 0.05) is 21.6 Å². The Morgan fingerprint density at radius 3 is 2.72 bits per heavy atom. The third-order valence-electron chi connectivity index (χ3n) is 4.00. The first-order valence-corrected chi connectivity index (χ1v) is 11.1. The molecule has 0 bridgehead atoms. The molecule has 0 aromatic heterocycles. The van der Waals surface area contributed by atoms with Gasteiger partial charge in [0.1, 0.15) is 12.4 Å². The minimum absolute atomic E-state index is 0.0563. The molecule has 1 amide bonds. The third kappa shape index (κ3) is 5.53. The molecule has 0 aliphatic carbocycles. The maximum atomic E-state index is 13.0. The number of benzene rings is 2. The summed E-state index contributed by atoms with van der Waals surface area (Å²) in [7, 11) is 0. The van der Waals surface area contributed by atoms with E-state index in [0.717, 1.165) is 22.1 Å². The highest BCUT2D eigenvalue weighted by Crippen LogP contribution is 2.36. The molecule has 150 valence electrons. The molecule has 0 atom stereocenters. The molecule has 0 N–H and O–H groups in total. The van der Waals surface area contributed by atoms with Crippen LogP contribution in [-0.4, -0.2) is 29.1 Å². The standard InChI is InChI=1S/C22H20BrClN2O2S/c1-3-11-26-21(27)20(29-22(26)25-18-8-6-17(24)7-9-18)14-15-13-16(23)5-10-19(15)28-12-4-2/h4-10,13-14H,2-3,11-12H2,1H3/b20-14-,25-22?. The van der Waals surface area contributed by atoms with E-state index in [-0.39, 0.29) is 5.91 Å². The minimum atomic E-state index is -0.0563. The molecule has 0 saturated carbocycles. The molecule has 1 aliphatic rings. The molecule has 0 radical (unpaired) electrons. The highest BCUT2D eigenvalue weighted by Gasteiger charge is 2.33. The van der Waals surface area contributed by atoms with Crippen LogP contribution in [0.1, 0.15) is 18.9 Å². The lowest BCUT2D eigenvalue weighted by molar-refractivity contribution is -0.122. The predicted octanol–water partition coefficient (Wildman–Crippen LogP) is 6.68. The lowest BCUT2D eigenvalue weighted by Crippen LogP contribution is -2.29. The Labute approximate surface area is 188 Å². The fourth-order valence-electron chi connectivity index (χ4n) is 2.69. The zero-order valence-corrected chi connectivity index (χ0v) is 19.1. The van der Waals surface area contributed by atoms with Crippen molar-refractivity contribution < 1.29 is 9.53 Å². The molecule has 3 rings (SSSR count). The van der Waals surface area contributed by atoms with Crippen molar-refractivity contribution in [3.8, 4) is 5.75 Å². The maximum Gasteiger partial charge on any atom is 0.266 e. The largest absolute Gasteiger partial charge is 0.489 e. The van der Waals surface area contributed by atoms with Crippen molar-refractivity contribution in [3.63, 3.8) is 0 Å². The van der Waals surface area contributed by atoms with E-state index in [1.54, 1.807) is 23.1 Å². The summed E-state index contributed by atoms with van der Waals surface area (Å²) in [6.07, 6.45) is 4.38. The van der Waals surface area contributed by atoms with Crippen molar-refractivity contribution in [2.24, 2.45) is 4.99 Å². The van der Waals surface area contributed by atoms with E-state index in [9.17, 15) is 4.79 Å². The molecule has 29 heavy (non-hydrogen) atoms. The van der Waals surface area contributed by atoms with Gasteiger partial charge in [-0.2, -0.15) is 0 Å². The van der Waals surface area contributed by atoms with Gasteiger partial charge >= 0.3 is 0 Å². The van der Waals surface area contributed by atoms with Crippen LogP contribution in [-0.2, 0) is 4.79 Å². The van der Waals surface area contributed by atoms with Crippen LogP contribution in [0.3, 0.4) is 0 Å². The van der Waals surface area contributed by atoms with Crippen LogP contribution in [0, 0.1) is 0 Å². The highest BCUT2D eigenvalue weighted by molar-refractivity contribution is 9.10. The fourth-order valence-corrected chi connectivity index (χ4v) is 4.21. The van der Waals surface area contributed by atoms with Gasteiger partial charge in [0.2, 0.25) is 0 Å². The first kappa shape index (κ1) is 21.7.